The lowest BCUT2D eigenvalue weighted by molar-refractivity contribution is 0.0326. The molecule has 1 aliphatic heterocycles. The largest absolute Gasteiger partial charge is 0.453 e. The second-order valence-corrected chi connectivity index (χ2v) is 6.18. The van der Waals surface area contributed by atoms with Crippen LogP contribution in [-0.2, 0) is 4.74 Å². The standard InChI is InChI=1S/C15H30N2O3/c1-5-14(18)12-8-13(16-7-6-11(2)3)10-17(9-12)15(19)20-4/h11-14,16,18H,5-10H2,1-4H3. The number of methoxy groups -OCH3 is 1. The zero-order valence-electron chi connectivity index (χ0n) is 13.3. The molecule has 5 nitrogen and oxygen atoms in total. The second-order valence-electron chi connectivity index (χ2n) is 6.18. The minimum atomic E-state index is -0.350. The lowest BCUT2D eigenvalue weighted by Crippen LogP contribution is -2.53. The van der Waals surface area contributed by atoms with E-state index in [2.05, 4.69) is 19.2 Å². The van der Waals surface area contributed by atoms with Gasteiger partial charge in [0.25, 0.3) is 0 Å². The number of piperidine rings is 1. The van der Waals surface area contributed by atoms with E-state index in [1.807, 2.05) is 6.92 Å². The summed E-state index contributed by atoms with van der Waals surface area (Å²) in [6, 6.07) is 0.243. The molecule has 0 bridgehead atoms. The molecule has 0 radical (unpaired) electrons. The first-order valence-corrected chi connectivity index (χ1v) is 7.72. The van der Waals surface area contributed by atoms with E-state index in [-0.39, 0.29) is 24.2 Å². The Bertz CT molecular complexity index is 297. The Balaban J connectivity index is 2.57. The van der Waals surface area contributed by atoms with Gasteiger partial charge in [-0.25, -0.2) is 4.79 Å². The summed E-state index contributed by atoms with van der Waals surface area (Å²) in [6.45, 7) is 8.58. The molecule has 0 aliphatic carbocycles. The van der Waals surface area contributed by atoms with Crippen LogP contribution in [-0.4, -0.2) is 55.0 Å². The van der Waals surface area contributed by atoms with Crippen LogP contribution >= 0.6 is 0 Å². The monoisotopic (exact) mass is 286 g/mol. The van der Waals surface area contributed by atoms with E-state index in [4.69, 9.17) is 4.74 Å². The van der Waals surface area contributed by atoms with Crippen molar-refractivity contribution in [3.05, 3.63) is 0 Å². The molecule has 5 heteroatoms. The summed E-state index contributed by atoms with van der Waals surface area (Å²) in [6.07, 6.45) is 2.11. The molecule has 3 unspecified atom stereocenters. The van der Waals surface area contributed by atoms with Gasteiger partial charge in [0.05, 0.1) is 13.2 Å². The van der Waals surface area contributed by atoms with E-state index < -0.39 is 0 Å². The molecule has 0 aromatic heterocycles. The third-order valence-electron chi connectivity index (χ3n) is 4.03. The minimum Gasteiger partial charge on any atom is -0.453 e. The number of hydrogen-bond acceptors (Lipinski definition) is 4. The molecule has 2 N–H and O–H groups in total. The number of carbonyl (C=O) groups is 1. The van der Waals surface area contributed by atoms with Crippen LogP contribution in [0.25, 0.3) is 0 Å². The molecule has 1 amide bonds. The van der Waals surface area contributed by atoms with Gasteiger partial charge >= 0.3 is 6.09 Å². The van der Waals surface area contributed by atoms with E-state index in [0.29, 0.717) is 19.0 Å². The van der Waals surface area contributed by atoms with Crippen LogP contribution in [0.5, 0.6) is 0 Å². The van der Waals surface area contributed by atoms with Gasteiger partial charge in [-0.2, -0.15) is 0 Å². The third-order valence-corrected chi connectivity index (χ3v) is 4.03. The number of aliphatic hydroxyl groups excluding tert-OH is 1. The first-order valence-electron chi connectivity index (χ1n) is 7.72. The quantitative estimate of drug-likeness (QED) is 0.782. The molecule has 20 heavy (non-hydrogen) atoms. The van der Waals surface area contributed by atoms with E-state index >= 15 is 0 Å². The number of likely N-dealkylation sites (tertiary alicyclic amines) is 1. The van der Waals surface area contributed by atoms with E-state index in [0.717, 1.165) is 25.8 Å². The van der Waals surface area contributed by atoms with Gasteiger partial charge in [-0.1, -0.05) is 20.8 Å². The molecule has 0 spiro atoms. The molecule has 1 rings (SSSR count). The summed E-state index contributed by atoms with van der Waals surface area (Å²) in [5.74, 6) is 0.796. The highest BCUT2D eigenvalue weighted by molar-refractivity contribution is 5.67. The predicted octanol–water partition coefficient (Wildman–Crippen LogP) is 1.85. The van der Waals surface area contributed by atoms with E-state index in [1.54, 1.807) is 4.90 Å². The SMILES string of the molecule is CCC(O)C1CC(NCCC(C)C)CN(C(=O)OC)C1. The zero-order valence-corrected chi connectivity index (χ0v) is 13.3. The maximum Gasteiger partial charge on any atom is 0.409 e. The van der Waals surface area contributed by atoms with Gasteiger partial charge in [-0.3, -0.25) is 0 Å². The maximum atomic E-state index is 11.7. The molecular weight excluding hydrogens is 256 g/mol. The van der Waals surface area contributed by atoms with Crippen LogP contribution in [0.4, 0.5) is 4.79 Å². The van der Waals surface area contributed by atoms with Crippen LogP contribution in [0.15, 0.2) is 0 Å². The first-order chi connectivity index (χ1) is 9.47. The summed E-state index contributed by atoms with van der Waals surface area (Å²) in [5, 5.41) is 13.6. The number of rotatable bonds is 6. The van der Waals surface area contributed by atoms with Gasteiger partial charge in [-0.05, 0) is 31.7 Å². The minimum absolute atomic E-state index is 0.129. The smallest absolute Gasteiger partial charge is 0.409 e. The van der Waals surface area contributed by atoms with Gasteiger partial charge in [0.2, 0.25) is 0 Å². The molecule has 1 aliphatic rings. The molecule has 1 heterocycles. The number of carbonyl (C=O) groups excluding carboxylic acids is 1. The van der Waals surface area contributed by atoms with Gasteiger partial charge in [-0.15, -0.1) is 0 Å². The van der Waals surface area contributed by atoms with Crippen LogP contribution < -0.4 is 5.32 Å². The van der Waals surface area contributed by atoms with Gasteiger partial charge in [0.1, 0.15) is 0 Å². The lowest BCUT2D eigenvalue weighted by atomic mass is 9.88. The van der Waals surface area contributed by atoms with Crippen molar-refractivity contribution in [1.82, 2.24) is 10.2 Å². The Labute approximate surface area is 122 Å². The summed E-state index contributed by atoms with van der Waals surface area (Å²) in [7, 11) is 1.41. The average Bonchev–Trinajstić information content (AvgIpc) is 2.44. The number of amides is 1. The maximum absolute atomic E-state index is 11.7. The van der Waals surface area contributed by atoms with Crippen molar-refractivity contribution in [1.29, 1.82) is 0 Å². The van der Waals surface area contributed by atoms with Crippen molar-refractivity contribution >= 4 is 6.09 Å². The molecule has 0 aromatic carbocycles. The first kappa shape index (κ1) is 17.2. The Morgan fingerprint density at radius 3 is 2.70 bits per heavy atom. The van der Waals surface area contributed by atoms with Gasteiger partial charge in [0.15, 0.2) is 0 Å². The van der Waals surface area contributed by atoms with Gasteiger partial charge in [0, 0.05) is 25.0 Å². The van der Waals surface area contributed by atoms with E-state index in [9.17, 15) is 9.90 Å². The summed E-state index contributed by atoms with van der Waals surface area (Å²) in [5.41, 5.74) is 0. The highest BCUT2D eigenvalue weighted by Crippen LogP contribution is 2.22. The molecule has 118 valence electrons. The Morgan fingerprint density at radius 2 is 2.15 bits per heavy atom. The van der Waals surface area contributed by atoms with Crippen molar-refractivity contribution in [3.63, 3.8) is 0 Å². The zero-order chi connectivity index (χ0) is 15.1. The number of hydrogen-bond donors (Lipinski definition) is 2. The Morgan fingerprint density at radius 1 is 1.45 bits per heavy atom. The fourth-order valence-electron chi connectivity index (χ4n) is 2.75. The highest BCUT2D eigenvalue weighted by atomic mass is 16.5. The summed E-state index contributed by atoms with van der Waals surface area (Å²) >= 11 is 0. The Hall–Kier alpha value is -0.810. The molecular formula is C15H30N2O3. The number of aliphatic hydroxyl groups is 1. The summed E-state index contributed by atoms with van der Waals surface area (Å²) < 4.78 is 4.82. The number of ether oxygens (including phenoxy) is 1. The molecule has 3 atom stereocenters. The molecule has 0 aromatic rings. The van der Waals surface area contributed by atoms with Crippen LogP contribution in [0.3, 0.4) is 0 Å². The van der Waals surface area contributed by atoms with Crippen LogP contribution in [0.1, 0.15) is 40.0 Å². The lowest BCUT2D eigenvalue weighted by Gasteiger charge is -2.39. The van der Waals surface area contributed by atoms with Crippen LogP contribution in [0, 0.1) is 11.8 Å². The number of nitrogens with zero attached hydrogens (tertiary/aromatic N) is 1. The third kappa shape index (κ3) is 5.29. The van der Waals surface area contributed by atoms with Gasteiger partial charge < -0.3 is 20.1 Å². The number of nitrogens with one attached hydrogen (secondary N) is 1. The topological polar surface area (TPSA) is 61.8 Å². The highest BCUT2D eigenvalue weighted by Gasteiger charge is 2.33. The van der Waals surface area contributed by atoms with Crippen LogP contribution in [0.2, 0.25) is 0 Å². The molecule has 1 fully saturated rings. The molecule has 0 saturated carbocycles. The summed E-state index contributed by atoms with van der Waals surface area (Å²) in [4.78, 5) is 13.5. The van der Waals surface area contributed by atoms with Crippen molar-refractivity contribution in [2.75, 3.05) is 26.7 Å². The van der Waals surface area contributed by atoms with Crippen molar-refractivity contribution in [2.24, 2.45) is 11.8 Å². The van der Waals surface area contributed by atoms with Crippen molar-refractivity contribution < 1.29 is 14.6 Å². The molecule has 1 saturated heterocycles. The van der Waals surface area contributed by atoms with Crippen molar-refractivity contribution in [3.8, 4) is 0 Å². The van der Waals surface area contributed by atoms with E-state index in [1.165, 1.54) is 7.11 Å². The fourth-order valence-corrected chi connectivity index (χ4v) is 2.75. The Kier molecular flexibility index (Phi) is 7.30. The second kappa shape index (κ2) is 8.47. The average molecular weight is 286 g/mol. The fraction of sp³-hybridized carbons (Fsp3) is 0.933. The van der Waals surface area contributed by atoms with Crippen molar-refractivity contribution in [2.45, 2.75) is 52.2 Å². The predicted molar refractivity (Wildman–Crippen MR) is 79.6 cm³/mol. The normalized spacial score (nSPS) is 24.8.